The molecule has 1 amide bonds. The quantitative estimate of drug-likeness (QED) is 0.542. The van der Waals surface area contributed by atoms with Crippen LogP contribution in [0, 0.1) is 6.92 Å². The van der Waals surface area contributed by atoms with E-state index in [-0.39, 0.29) is 5.91 Å². The molecule has 6 heteroatoms. The lowest BCUT2D eigenvalue weighted by Gasteiger charge is -2.41. The molecular formula is C31H36N4O2. The molecule has 0 bridgehead atoms. The van der Waals surface area contributed by atoms with Gasteiger partial charge in [-0.3, -0.25) is 9.69 Å². The minimum absolute atomic E-state index is 0.0963. The number of rotatable bonds is 4. The summed E-state index contributed by atoms with van der Waals surface area (Å²) < 4.78 is 5.59. The Morgan fingerprint density at radius 2 is 1.59 bits per heavy atom. The number of morpholine rings is 1. The molecule has 3 aromatic rings. The molecule has 0 radical (unpaired) electrons. The predicted molar refractivity (Wildman–Crippen MR) is 147 cm³/mol. The van der Waals surface area contributed by atoms with Crippen LogP contribution < -0.4 is 4.90 Å². The van der Waals surface area contributed by atoms with Crippen LogP contribution in [0.2, 0.25) is 0 Å². The first-order valence-electron chi connectivity index (χ1n) is 13.7. The van der Waals surface area contributed by atoms with Gasteiger partial charge in [0.1, 0.15) is 5.82 Å². The Labute approximate surface area is 219 Å². The number of anilines is 1. The number of hydrogen-bond donors (Lipinski definition) is 0. The molecule has 2 fully saturated rings. The summed E-state index contributed by atoms with van der Waals surface area (Å²) in [7, 11) is 0. The Kier molecular flexibility index (Phi) is 6.94. The van der Waals surface area contributed by atoms with Crippen LogP contribution in [0.1, 0.15) is 33.5 Å². The lowest BCUT2D eigenvalue weighted by atomic mass is 9.87. The van der Waals surface area contributed by atoms with Crippen LogP contribution in [0.4, 0.5) is 5.82 Å². The largest absolute Gasteiger partial charge is 0.378 e. The van der Waals surface area contributed by atoms with Crippen molar-refractivity contribution in [3.63, 3.8) is 0 Å². The third kappa shape index (κ3) is 5.00. The van der Waals surface area contributed by atoms with Crippen LogP contribution in [-0.4, -0.2) is 79.2 Å². The monoisotopic (exact) mass is 496 g/mol. The third-order valence-corrected chi connectivity index (χ3v) is 8.28. The predicted octanol–water partition coefficient (Wildman–Crippen LogP) is 4.21. The van der Waals surface area contributed by atoms with Crippen molar-refractivity contribution in [2.45, 2.75) is 32.2 Å². The van der Waals surface area contributed by atoms with E-state index in [1.54, 1.807) is 0 Å². The second-order valence-electron chi connectivity index (χ2n) is 10.5. The van der Waals surface area contributed by atoms with Gasteiger partial charge in [-0.1, -0.05) is 48.5 Å². The van der Waals surface area contributed by atoms with Gasteiger partial charge < -0.3 is 14.5 Å². The Balaban J connectivity index is 1.19. The first-order valence-corrected chi connectivity index (χ1v) is 13.7. The third-order valence-electron chi connectivity index (χ3n) is 8.28. The maximum absolute atomic E-state index is 13.8. The summed E-state index contributed by atoms with van der Waals surface area (Å²) in [6.45, 7) is 8.32. The van der Waals surface area contributed by atoms with Gasteiger partial charge in [-0.15, -0.1) is 0 Å². The molecule has 1 atom stereocenters. The summed E-state index contributed by atoms with van der Waals surface area (Å²) in [5.41, 5.74) is 6.91. The van der Waals surface area contributed by atoms with Gasteiger partial charge >= 0.3 is 0 Å². The van der Waals surface area contributed by atoms with Gasteiger partial charge in [0.2, 0.25) is 0 Å². The van der Waals surface area contributed by atoms with Gasteiger partial charge in [0.15, 0.2) is 0 Å². The number of carbonyl (C=O) groups is 1. The van der Waals surface area contributed by atoms with Crippen molar-refractivity contribution >= 4 is 11.7 Å². The zero-order chi connectivity index (χ0) is 25.2. The Hall–Kier alpha value is -3.22. The van der Waals surface area contributed by atoms with Crippen LogP contribution >= 0.6 is 0 Å². The number of ether oxygens (including phenoxy) is 1. The van der Waals surface area contributed by atoms with Crippen molar-refractivity contribution in [2.24, 2.45) is 0 Å². The van der Waals surface area contributed by atoms with Crippen LogP contribution in [-0.2, 0) is 17.6 Å². The Bertz CT molecular complexity index is 1260. The number of fused-ring (bicyclic) bond motifs is 1. The SMILES string of the molecule is Cc1ccccc1-c1ccc(C(=O)N2CCN(C3CCc4ccccc4C3)CC2)c(N2CCOCC2)n1. The van der Waals surface area contributed by atoms with E-state index < -0.39 is 0 Å². The number of carbonyl (C=O) groups excluding carboxylic acids is 1. The van der Waals surface area contributed by atoms with Crippen LogP contribution in [0.5, 0.6) is 0 Å². The highest BCUT2D eigenvalue weighted by molar-refractivity contribution is 5.99. The minimum Gasteiger partial charge on any atom is -0.378 e. The molecule has 2 saturated heterocycles. The van der Waals surface area contributed by atoms with Crippen LogP contribution in [0.25, 0.3) is 11.3 Å². The molecule has 1 aliphatic carbocycles. The Morgan fingerprint density at radius 1 is 0.865 bits per heavy atom. The van der Waals surface area contributed by atoms with Gasteiger partial charge in [-0.05, 0) is 55.0 Å². The number of pyridine rings is 1. The topological polar surface area (TPSA) is 48.9 Å². The number of amides is 1. The lowest BCUT2D eigenvalue weighted by Crippen LogP contribution is -2.53. The highest BCUT2D eigenvalue weighted by Crippen LogP contribution is 2.29. The van der Waals surface area contributed by atoms with Crippen LogP contribution in [0.3, 0.4) is 0 Å². The van der Waals surface area contributed by atoms with Crippen molar-refractivity contribution in [1.82, 2.24) is 14.8 Å². The number of piperazine rings is 1. The molecule has 6 rings (SSSR count). The summed E-state index contributed by atoms with van der Waals surface area (Å²) in [5, 5.41) is 0. The smallest absolute Gasteiger partial charge is 0.257 e. The van der Waals surface area contributed by atoms with E-state index in [0.717, 1.165) is 69.2 Å². The molecule has 0 N–H and O–H groups in total. The first kappa shape index (κ1) is 24.1. The molecule has 37 heavy (non-hydrogen) atoms. The highest BCUT2D eigenvalue weighted by atomic mass is 16.5. The van der Waals surface area contributed by atoms with E-state index in [2.05, 4.69) is 53.1 Å². The molecular weight excluding hydrogens is 460 g/mol. The van der Waals surface area contributed by atoms with Gasteiger partial charge in [0, 0.05) is 50.9 Å². The second kappa shape index (κ2) is 10.6. The number of aryl methyl sites for hydroxylation is 2. The average Bonchev–Trinajstić information content (AvgIpc) is 2.97. The number of hydrogen-bond acceptors (Lipinski definition) is 5. The fourth-order valence-corrected chi connectivity index (χ4v) is 6.09. The molecule has 0 saturated carbocycles. The minimum atomic E-state index is 0.0963. The molecule has 2 aromatic carbocycles. The van der Waals surface area contributed by atoms with Gasteiger partial charge in [-0.2, -0.15) is 0 Å². The van der Waals surface area contributed by atoms with Crippen LogP contribution in [0.15, 0.2) is 60.7 Å². The van der Waals surface area contributed by atoms with Crippen molar-refractivity contribution in [1.29, 1.82) is 0 Å². The first-order chi connectivity index (χ1) is 18.2. The molecule has 0 spiro atoms. The zero-order valence-corrected chi connectivity index (χ0v) is 21.7. The molecule has 3 heterocycles. The molecule has 1 aromatic heterocycles. The maximum atomic E-state index is 13.8. The van der Waals surface area contributed by atoms with E-state index in [1.165, 1.54) is 23.1 Å². The average molecular weight is 497 g/mol. The van der Waals surface area contributed by atoms with E-state index in [0.29, 0.717) is 24.8 Å². The molecule has 6 nitrogen and oxygen atoms in total. The summed E-state index contributed by atoms with van der Waals surface area (Å²) in [4.78, 5) is 25.7. The van der Waals surface area contributed by atoms with Crippen molar-refractivity contribution in [2.75, 3.05) is 57.4 Å². The van der Waals surface area contributed by atoms with Gasteiger partial charge in [0.25, 0.3) is 5.91 Å². The second-order valence-corrected chi connectivity index (χ2v) is 10.5. The van der Waals surface area contributed by atoms with E-state index in [4.69, 9.17) is 9.72 Å². The molecule has 2 aliphatic heterocycles. The van der Waals surface area contributed by atoms with Crippen molar-refractivity contribution in [3.8, 4) is 11.3 Å². The van der Waals surface area contributed by atoms with E-state index in [1.807, 2.05) is 29.2 Å². The fourth-order valence-electron chi connectivity index (χ4n) is 6.09. The van der Waals surface area contributed by atoms with Crippen molar-refractivity contribution < 1.29 is 9.53 Å². The highest BCUT2D eigenvalue weighted by Gasteiger charge is 2.31. The molecule has 1 unspecified atom stereocenters. The van der Waals surface area contributed by atoms with Gasteiger partial charge in [0.05, 0.1) is 24.5 Å². The number of benzene rings is 2. The zero-order valence-electron chi connectivity index (χ0n) is 21.7. The number of aromatic nitrogens is 1. The number of nitrogens with zero attached hydrogens (tertiary/aromatic N) is 4. The standard InChI is InChI=1S/C31H36N4O2/c1-23-6-2-5-9-27(23)29-13-12-28(30(32-29)34-18-20-37-21-19-34)31(36)35-16-14-33(15-17-35)26-11-10-24-7-3-4-8-25(24)22-26/h2-9,12-13,26H,10-11,14-22H2,1H3. The summed E-state index contributed by atoms with van der Waals surface area (Å²) in [6, 6.07) is 21.7. The molecule has 3 aliphatic rings. The maximum Gasteiger partial charge on any atom is 0.257 e. The Morgan fingerprint density at radius 3 is 2.38 bits per heavy atom. The van der Waals surface area contributed by atoms with Gasteiger partial charge in [-0.25, -0.2) is 4.98 Å². The lowest BCUT2D eigenvalue weighted by molar-refractivity contribution is 0.0552. The summed E-state index contributed by atoms with van der Waals surface area (Å²) in [5.74, 6) is 0.888. The van der Waals surface area contributed by atoms with E-state index >= 15 is 0 Å². The molecule has 192 valence electrons. The summed E-state index contributed by atoms with van der Waals surface area (Å²) in [6.07, 6.45) is 3.48. The fraction of sp³-hybridized carbons (Fsp3) is 0.419. The van der Waals surface area contributed by atoms with Crippen molar-refractivity contribution in [3.05, 3.63) is 82.9 Å². The summed E-state index contributed by atoms with van der Waals surface area (Å²) >= 11 is 0. The van der Waals surface area contributed by atoms with E-state index in [9.17, 15) is 4.79 Å². The normalized spacial score (nSPS) is 20.5.